The van der Waals surface area contributed by atoms with E-state index in [1.54, 1.807) is 17.7 Å². The molecule has 0 radical (unpaired) electrons. The zero-order valence-corrected chi connectivity index (χ0v) is 13.5. The molecule has 0 aromatic carbocycles. The lowest BCUT2D eigenvalue weighted by Crippen LogP contribution is -2.38. The van der Waals surface area contributed by atoms with Crippen molar-refractivity contribution >= 4 is 11.3 Å². The average Bonchev–Trinajstić information content (AvgIpc) is 3.31. The third kappa shape index (κ3) is 3.32. The molecule has 3 aromatic heterocycles. The van der Waals surface area contributed by atoms with E-state index in [2.05, 4.69) is 25.5 Å². The number of fused-ring (bicyclic) bond motifs is 1. The molecule has 0 aliphatic carbocycles. The molecule has 0 bridgehead atoms. The summed E-state index contributed by atoms with van der Waals surface area (Å²) < 4.78 is 7.30. The third-order valence-corrected chi connectivity index (χ3v) is 4.88. The molecule has 8 heteroatoms. The minimum atomic E-state index is 0.466. The topological polar surface area (TPSA) is 81.7 Å². The van der Waals surface area contributed by atoms with E-state index in [0.717, 1.165) is 49.5 Å². The molecule has 0 fully saturated rings. The Bertz CT molecular complexity index is 750. The van der Waals surface area contributed by atoms with Crippen molar-refractivity contribution in [1.82, 2.24) is 30.2 Å². The molecule has 0 saturated heterocycles. The van der Waals surface area contributed by atoms with E-state index < -0.39 is 0 Å². The summed E-state index contributed by atoms with van der Waals surface area (Å²) in [5, 5.41) is 13.9. The predicted octanol–water partition coefficient (Wildman–Crippen LogP) is 1.93. The number of aryl methyl sites for hydroxylation is 2. The van der Waals surface area contributed by atoms with Gasteiger partial charge in [0.05, 0.1) is 11.4 Å². The van der Waals surface area contributed by atoms with Gasteiger partial charge in [0, 0.05) is 18.9 Å². The quantitative estimate of drug-likeness (QED) is 0.696. The van der Waals surface area contributed by atoms with E-state index in [1.807, 2.05) is 22.2 Å². The van der Waals surface area contributed by atoms with Gasteiger partial charge in [0.15, 0.2) is 0 Å². The highest BCUT2D eigenvalue weighted by Crippen LogP contribution is 2.21. The van der Waals surface area contributed by atoms with Crippen LogP contribution in [-0.2, 0) is 19.4 Å². The lowest BCUT2D eigenvalue weighted by molar-refractivity contribution is 0.348. The Morgan fingerprint density at radius 1 is 1.43 bits per heavy atom. The molecular weight excluding hydrogens is 312 g/mol. The van der Waals surface area contributed by atoms with E-state index in [0.29, 0.717) is 17.8 Å². The van der Waals surface area contributed by atoms with Crippen LogP contribution in [0.1, 0.15) is 24.6 Å². The lowest BCUT2D eigenvalue weighted by atomic mass is 10.1. The molecule has 0 amide bonds. The Kier molecular flexibility index (Phi) is 4.16. The van der Waals surface area contributed by atoms with Crippen LogP contribution in [0.4, 0.5) is 0 Å². The van der Waals surface area contributed by atoms with E-state index >= 15 is 0 Å². The van der Waals surface area contributed by atoms with Crippen LogP contribution in [0.3, 0.4) is 0 Å². The van der Waals surface area contributed by atoms with Gasteiger partial charge in [-0.3, -0.25) is 0 Å². The fraction of sp³-hybridized carbons (Fsp3) is 0.467. The highest BCUT2D eigenvalue weighted by Gasteiger charge is 2.19. The summed E-state index contributed by atoms with van der Waals surface area (Å²) in [5.74, 6) is 2.49. The Balaban J connectivity index is 1.22. The third-order valence-electron chi connectivity index (χ3n) is 4.02. The van der Waals surface area contributed by atoms with Gasteiger partial charge in [0.25, 0.3) is 0 Å². The number of hydrogen-bond donors (Lipinski definition) is 1. The van der Waals surface area contributed by atoms with Crippen molar-refractivity contribution in [2.75, 3.05) is 6.54 Å². The summed E-state index contributed by atoms with van der Waals surface area (Å²) >= 11 is 1.62. The maximum atomic E-state index is 5.31. The second kappa shape index (κ2) is 6.59. The predicted molar refractivity (Wildman–Crippen MR) is 86.1 cm³/mol. The van der Waals surface area contributed by atoms with Crippen molar-refractivity contribution in [2.24, 2.45) is 0 Å². The van der Waals surface area contributed by atoms with Crippen LogP contribution in [0.5, 0.6) is 0 Å². The van der Waals surface area contributed by atoms with Crippen molar-refractivity contribution in [1.29, 1.82) is 0 Å². The number of hydrogen-bond acceptors (Lipinski definition) is 7. The van der Waals surface area contributed by atoms with Gasteiger partial charge in [-0.2, -0.15) is 10.1 Å². The average molecular weight is 330 g/mol. The van der Waals surface area contributed by atoms with Crippen LogP contribution in [0.2, 0.25) is 0 Å². The van der Waals surface area contributed by atoms with Gasteiger partial charge in [-0.1, -0.05) is 11.2 Å². The van der Waals surface area contributed by atoms with Gasteiger partial charge in [0.1, 0.15) is 12.2 Å². The first-order chi connectivity index (χ1) is 11.4. The van der Waals surface area contributed by atoms with E-state index in [9.17, 15) is 0 Å². The first-order valence-corrected chi connectivity index (χ1v) is 8.73. The molecule has 1 aliphatic heterocycles. The fourth-order valence-electron chi connectivity index (χ4n) is 2.81. The first-order valence-electron chi connectivity index (χ1n) is 7.85. The molecule has 4 heterocycles. The van der Waals surface area contributed by atoms with E-state index in [1.165, 1.54) is 0 Å². The molecule has 4 rings (SSSR count). The lowest BCUT2D eigenvalue weighted by Gasteiger charge is -2.23. The molecule has 0 spiro atoms. The highest BCUT2D eigenvalue weighted by atomic mass is 32.1. The van der Waals surface area contributed by atoms with Gasteiger partial charge in [-0.15, -0.1) is 11.3 Å². The van der Waals surface area contributed by atoms with Crippen LogP contribution in [0.15, 0.2) is 28.4 Å². The maximum absolute atomic E-state index is 5.31. The first kappa shape index (κ1) is 14.5. The Hall–Kier alpha value is -2.06. The molecule has 1 atom stereocenters. The van der Waals surface area contributed by atoms with Crippen molar-refractivity contribution in [3.05, 3.63) is 35.6 Å². The van der Waals surface area contributed by atoms with Crippen molar-refractivity contribution in [3.63, 3.8) is 0 Å². The monoisotopic (exact) mass is 330 g/mol. The molecule has 0 unspecified atom stereocenters. The minimum absolute atomic E-state index is 0.466. The second-order valence-electron chi connectivity index (χ2n) is 5.64. The maximum Gasteiger partial charge on any atom is 0.227 e. The molecule has 0 saturated carbocycles. The van der Waals surface area contributed by atoms with Gasteiger partial charge in [-0.25, -0.2) is 9.67 Å². The number of rotatable bonds is 6. The number of nitrogens with one attached hydrogen (secondary N) is 1. The van der Waals surface area contributed by atoms with Crippen LogP contribution >= 0.6 is 11.3 Å². The number of thiophene rings is 1. The Morgan fingerprint density at radius 2 is 2.43 bits per heavy atom. The number of aromatic nitrogens is 5. The SMILES string of the molecule is c1csc(-c2noc(CCCN[C@H]3CCc4ncnn4C3)n2)c1. The van der Waals surface area contributed by atoms with Gasteiger partial charge >= 0.3 is 0 Å². The molecule has 120 valence electrons. The van der Waals surface area contributed by atoms with Crippen molar-refractivity contribution in [3.8, 4) is 10.7 Å². The Morgan fingerprint density at radius 3 is 3.35 bits per heavy atom. The summed E-state index contributed by atoms with van der Waals surface area (Å²) in [4.78, 5) is 9.74. The van der Waals surface area contributed by atoms with Gasteiger partial charge in [-0.05, 0) is 30.8 Å². The minimum Gasteiger partial charge on any atom is -0.339 e. The molecule has 1 N–H and O–H groups in total. The highest BCUT2D eigenvalue weighted by molar-refractivity contribution is 7.13. The van der Waals surface area contributed by atoms with Crippen LogP contribution < -0.4 is 5.32 Å². The van der Waals surface area contributed by atoms with Crippen molar-refractivity contribution < 1.29 is 4.52 Å². The molecule has 3 aromatic rings. The van der Waals surface area contributed by atoms with E-state index in [4.69, 9.17) is 4.52 Å². The summed E-state index contributed by atoms with van der Waals surface area (Å²) in [5.41, 5.74) is 0. The largest absolute Gasteiger partial charge is 0.339 e. The molecule has 1 aliphatic rings. The molecular formula is C15H18N6OS. The fourth-order valence-corrected chi connectivity index (χ4v) is 3.46. The summed E-state index contributed by atoms with van der Waals surface area (Å²) in [7, 11) is 0. The molecule has 23 heavy (non-hydrogen) atoms. The zero-order valence-electron chi connectivity index (χ0n) is 12.7. The smallest absolute Gasteiger partial charge is 0.227 e. The van der Waals surface area contributed by atoms with Gasteiger partial charge in [0.2, 0.25) is 11.7 Å². The van der Waals surface area contributed by atoms with Crippen LogP contribution in [0.25, 0.3) is 10.7 Å². The van der Waals surface area contributed by atoms with Gasteiger partial charge < -0.3 is 9.84 Å². The number of nitrogens with zero attached hydrogens (tertiary/aromatic N) is 5. The standard InChI is InChI=1S/C15H18N6OS/c1(4-14-19-15(20-22-14)12-3-2-8-23-12)7-16-11-5-6-13-17-10-18-21(13)9-11/h2-3,8,10-11,16H,1,4-7,9H2/t11-/m0/s1. The summed E-state index contributed by atoms with van der Waals surface area (Å²) in [6.07, 6.45) is 5.52. The van der Waals surface area contributed by atoms with Crippen LogP contribution in [0, 0.1) is 0 Å². The van der Waals surface area contributed by atoms with Crippen molar-refractivity contribution in [2.45, 2.75) is 38.3 Å². The summed E-state index contributed by atoms with van der Waals surface area (Å²) in [6, 6.07) is 4.46. The summed E-state index contributed by atoms with van der Waals surface area (Å²) in [6.45, 7) is 1.84. The normalized spacial score (nSPS) is 17.3. The van der Waals surface area contributed by atoms with Crippen LogP contribution in [-0.4, -0.2) is 37.5 Å². The molecule has 7 nitrogen and oxygen atoms in total. The van der Waals surface area contributed by atoms with E-state index in [-0.39, 0.29) is 0 Å². The zero-order chi connectivity index (χ0) is 15.5. The second-order valence-corrected chi connectivity index (χ2v) is 6.59. The Labute approximate surface area is 137 Å².